The number of carbonyl (C=O) groups excluding carboxylic acids is 1. The van der Waals surface area contributed by atoms with E-state index < -0.39 is 0 Å². The van der Waals surface area contributed by atoms with E-state index in [9.17, 15) is 4.79 Å². The molecule has 0 heterocycles. The van der Waals surface area contributed by atoms with Crippen molar-refractivity contribution in [2.45, 2.75) is 46.5 Å². The van der Waals surface area contributed by atoms with Crippen molar-refractivity contribution in [3.8, 4) is 0 Å². The maximum Gasteiger partial charge on any atom is 0.224 e. The molecule has 0 aliphatic carbocycles. The fourth-order valence-corrected chi connectivity index (χ4v) is 1.76. The molecule has 0 fully saturated rings. The zero-order valence-corrected chi connectivity index (χ0v) is 12.2. The summed E-state index contributed by atoms with van der Waals surface area (Å²) in [5, 5.41) is 2.93. The van der Waals surface area contributed by atoms with Crippen molar-refractivity contribution in [2.24, 2.45) is 17.6 Å². The van der Waals surface area contributed by atoms with Crippen LogP contribution in [-0.2, 0) is 9.53 Å². The van der Waals surface area contributed by atoms with E-state index in [-0.39, 0.29) is 11.8 Å². The lowest BCUT2D eigenvalue weighted by molar-refractivity contribution is -0.125. The Balaban J connectivity index is 3.56. The molecule has 4 nitrogen and oxygen atoms in total. The first-order chi connectivity index (χ1) is 8.61. The molecule has 4 heteroatoms. The third-order valence-corrected chi connectivity index (χ3v) is 2.82. The second kappa shape index (κ2) is 11.5. The standard InChI is InChI=1S/C14H30N2O2/c1-4-5-8-18-9-6-7-16-14(17)13(11-15)10-12(2)3/h12-13H,4-11,15H2,1-3H3,(H,16,17). The van der Waals surface area contributed by atoms with Crippen molar-refractivity contribution in [3.05, 3.63) is 0 Å². The lowest BCUT2D eigenvalue weighted by atomic mass is 9.96. The van der Waals surface area contributed by atoms with Crippen molar-refractivity contribution in [1.29, 1.82) is 0 Å². The van der Waals surface area contributed by atoms with Crippen LogP contribution in [-0.4, -0.2) is 32.2 Å². The Bertz CT molecular complexity index is 208. The predicted molar refractivity (Wildman–Crippen MR) is 75.4 cm³/mol. The van der Waals surface area contributed by atoms with Gasteiger partial charge in [0.1, 0.15) is 0 Å². The first-order valence-electron chi connectivity index (χ1n) is 7.17. The van der Waals surface area contributed by atoms with Crippen LogP contribution in [0.5, 0.6) is 0 Å². The third kappa shape index (κ3) is 9.42. The molecule has 0 aromatic rings. The number of unbranched alkanes of at least 4 members (excludes halogenated alkanes) is 1. The van der Waals surface area contributed by atoms with Crippen LogP contribution in [0.25, 0.3) is 0 Å². The molecule has 18 heavy (non-hydrogen) atoms. The molecule has 0 bridgehead atoms. The Labute approximate surface area is 112 Å². The molecule has 0 saturated heterocycles. The fraction of sp³-hybridized carbons (Fsp3) is 0.929. The molecule has 0 spiro atoms. The summed E-state index contributed by atoms with van der Waals surface area (Å²) in [6, 6.07) is 0. The summed E-state index contributed by atoms with van der Waals surface area (Å²) in [6.07, 6.45) is 3.99. The molecule has 0 aliphatic heterocycles. The van der Waals surface area contributed by atoms with Crippen LogP contribution in [0.15, 0.2) is 0 Å². The maximum absolute atomic E-state index is 11.8. The van der Waals surface area contributed by atoms with E-state index in [1.807, 2.05) is 0 Å². The lowest BCUT2D eigenvalue weighted by Gasteiger charge is -2.16. The van der Waals surface area contributed by atoms with Crippen LogP contribution < -0.4 is 11.1 Å². The molecule has 1 atom stereocenters. The van der Waals surface area contributed by atoms with Gasteiger partial charge in [0.25, 0.3) is 0 Å². The predicted octanol–water partition coefficient (Wildman–Crippen LogP) is 1.93. The molecule has 0 saturated carbocycles. The van der Waals surface area contributed by atoms with Gasteiger partial charge in [-0.1, -0.05) is 27.2 Å². The summed E-state index contributed by atoms with van der Waals surface area (Å²) < 4.78 is 5.43. The minimum Gasteiger partial charge on any atom is -0.381 e. The van der Waals surface area contributed by atoms with Crippen LogP contribution in [0.2, 0.25) is 0 Å². The average molecular weight is 258 g/mol. The van der Waals surface area contributed by atoms with Crippen molar-refractivity contribution in [2.75, 3.05) is 26.3 Å². The number of ether oxygens (including phenoxy) is 1. The van der Waals surface area contributed by atoms with E-state index in [0.717, 1.165) is 38.9 Å². The molecule has 0 aromatic heterocycles. The monoisotopic (exact) mass is 258 g/mol. The van der Waals surface area contributed by atoms with Crippen molar-refractivity contribution < 1.29 is 9.53 Å². The number of nitrogens with two attached hydrogens (primary N) is 1. The van der Waals surface area contributed by atoms with Gasteiger partial charge in [-0.25, -0.2) is 0 Å². The van der Waals surface area contributed by atoms with Gasteiger partial charge in [0, 0.05) is 26.3 Å². The Morgan fingerprint density at radius 3 is 2.50 bits per heavy atom. The summed E-state index contributed by atoms with van der Waals surface area (Å²) >= 11 is 0. The van der Waals surface area contributed by atoms with Gasteiger partial charge in [0.15, 0.2) is 0 Å². The number of rotatable bonds is 11. The molecule has 0 rings (SSSR count). The van der Waals surface area contributed by atoms with Gasteiger partial charge >= 0.3 is 0 Å². The molecule has 3 N–H and O–H groups in total. The van der Waals surface area contributed by atoms with E-state index in [1.54, 1.807) is 0 Å². The van der Waals surface area contributed by atoms with Gasteiger partial charge in [-0.2, -0.15) is 0 Å². The Kier molecular flexibility index (Phi) is 11.1. The van der Waals surface area contributed by atoms with Gasteiger partial charge in [-0.3, -0.25) is 4.79 Å². The first-order valence-corrected chi connectivity index (χ1v) is 7.17. The van der Waals surface area contributed by atoms with Gasteiger partial charge < -0.3 is 15.8 Å². The van der Waals surface area contributed by atoms with Crippen LogP contribution >= 0.6 is 0 Å². The van der Waals surface area contributed by atoms with E-state index in [2.05, 4.69) is 26.1 Å². The molecule has 0 aromatic carbocycles. The lowest BCUT2D eigenvalue weighted by Crippen LogP contribution is -2.36. The smallest absolute Gasteiger partial charge is 0.224 e. The SMILES string of the molecule is CCCCOCCCNC(=O)C(CN)CC(C)C. The molecular formula is C14H30N2O2. The number of amides is 1. The number of nitrogens with one attached hydrogen (secondary N) is 1. The molecule has 0 radical (unpaired) electrons. The number of carbonyl (C=O) groups is 1. The number of hydrogen-bond acceptors (Lipinski definition) is 3. The second-order valence-electron chi connectivity index (χ2n) is 5.17. The van der Waals surface area contributed by atoms with Crippen molar-refractivity contribution in [3.63, 3.8) is 0 Å². The highest BCUT2D eigenvalue weighted by Gasteiger charge is 2.17. The minimum atomic E-state index is -0.0500. The molecular weight excluding hydrogens is 228 g/mol. The maximum atomic E-state index is 11.8. The van der Waals surface area contributed by atoms with Crippen LogP contribution in [0.4, 0.5) is 0 Å². The van der Waals surface area contributed by atoms with E-state index in [1.165, 1.54) is 0 Å². The Morgan fingerprint density at radius 1 is 1.28 bits per heavy atom. The van der Waals surface area contributed by atoms with E-state index in [0.29, 0.717) is 19.0 Å². The van der Waals surface area contributed by atoms with Crippen molar-refractivity contribution in [1.82, 2.24) is 5.32 Å². The van der Waals surface area contributed by atoms with E-state index in [4.69, 9.17) is 10.5 Å². The van der Waals surface area contributed by atoms with Crippen LogP contribution in [0.1, 0.15) is 46.5 Å². The highest BCUT2D eigenvalue weighted by Crippen LogP contribution is 2.10. The zero-order valence-electron chi connectivity index (χ0n) is 12.2. The minimum absolute atomic E-state index is 0.0500. The molecule has 1 amide bonds. The fourth-order valence-electron chi connectivity index (χ4n) is 1.76. The van der Waals surface area contributed by atoms with E-state index >= 15 is 0 Å². The molecule has 1 unspecified atom stereocenters. The van der Waals surface area contributed by atoms with Crippen LogP contribution in [0, 0.1) is 11.8 Å². The number of hydrogen-bond donors (Lipinski definition) is 2. The van der Waals surface area contributed by atoms with Gasteiger partial charge in [-0.05, 0) is 25.2 Å². The van der Waals surface area contributed by atoms with Crippen LogP contribution in [0.3, 0.4) is 0 Å². The van der Waals surface area contributed by atoms with Gasteiger partial charge in [0.05, 0.1) is 5.92 Å². The Morgan fingerprint density at radius 2 is 1.94 bits per heavy atom. The second-order valence-corrected chi connectivity index (χ2v) is 5.17. The first kappa shape index (κ1) is 17.4. The third-order valence-electron chi connectivity index (χ3n) is 2.82. The average Bonchev–Trinajstić information content (AvgIpc) is 2.34. The van der Waals surface area contributed by atoms with Gasteiger partial charge in [0.2, 0.25) is 5.91 Å². The highest BCUT2D eigenvalue weighted by atomic mass is 16.5. The topological polar surface area (TPSA) is 64.3 Å². The summed E-state index contributed by atoms with van der Waals surface area (Å²) in [4.78, 5) is 11.8. The quantitative estimate of drug-likeness (QED) is 0.557. The highest BCUT2D eigenvalue weighted by molar-refractivity contribution is 5.78. The normalized spacial score (nSPS) is 12.7. The van der Waals surface area contributed by atoms with Gasteiger partial charge in [-0.15, -0.1) is 0 Å². The molecule has 0 aliphatic rings. The zero-order chi connectivity index (χ0) is 13.8. The summed E-state index contributed by atoms with van der Waals surface area (Å²) in [6.45, 7) is 9.01. The largest absolute Gasteiger partial charge is 0.381 e. The summed E-state index contributed by atoms with van der Waals surface area (Å²) in [7, 11) is 0. The Hall–Kier alpha value is -0.610. The van der Waals surface area contributed by atoms with Crippen molar-refractivity contribution >= 4 is 5.91 Å². The summed E-state index contributed by atoms with van der Waals surface area (Å²) in [5.74, 6) is 0.535. The molecule has 108 valence electrons. The summed E-state index contributed by atoms with van der Waals surface area (Å²) in [5.41, 5.74) is 5.62.